The van der Waals surface area contributed by atoms with Gasteiger partial charge >= 0.3 is 0 Å². The summed E-state index contributed by atoms with van der Waals surface area (Å²) in [5.74, 6) is -0.390. The summed E-state index contributed by atoms with van der Waals surface area (Å²) in [5.41, 5.74) is 0.162. The van der Waals surface area contributed by atoms with Gasteiger partial charge in [0.1, 0.15) is 5.56 Å². The molecule has 0 spiro atoms. The Bertz CT molecular complexity index is 629. The molecule has 2 rings (SSSR count). The van der Waals surface area contributed by atoms with Crippen LogP contribution in [-0.2, 0) is 0 Å². The molecule has 1 N–H and O–H groups in total. The molecule has 0 fully saturated rings. The van der Waals surface area contributed by atoms with Crippen LogP contribution in [0, 0.1) is 10.1 Å². The first-order valence-corrected chi connectivity index (χ1v) is 6.53. The number of carbonyl (C=O) groups excluding carboxylic acids is 1. The van der Waals surface area contributed by atoms with Crippen molar-refractivity contribution in [1.82, 2.24) is 0 Å². The first-order valence-electron chi connectivity index (χ1n) is 6.15. The van der Waals surface area contributed by atoms with Crippen molar-refractivity contribution in [3.8, 4) is 0 Å². The van der Waals surface area contributed by atoms with E-state index in [9.17, 15) is 14.9 Å². The van der Waals surface area contributed by atoms with Gasteiger partial charge in [-0.15, -0.1) is 0 Å². The Labute approximate surface area is 127 Å². The zero-order valence-corrected chi connectivity index (χ0v) is 12.1. The van der Waals surface area contributed by atoms with Crippen molar-refractivity contribution in [3.63, 3.8) is 0 Å². The summed E-state index contributed by atoms with van der Waals surface area (Å²) in [5, 5.41) is 18.7. The number of benzene rings is 2. The van der Waals surface area contributed by atoms with Gasteiger partial charge in [0, 0.05) is 23.3 Å². The van der Waals surface area contributed by atoms with Gasteiger partial charge in [0.2, 0.25) is 0 Å². The van der Waals surface area contributed by atoms with Gasteiger partial charge in [0.05, 0.1) is 4.92 Å². The molecule has 0 atom stereocenters. The van der Waals surface area contributed by atoms with E-state index in [1.165, 1.54) is 18.2 Å². The van der Waals surface area contributed by atoms with Crippen molar-refractivity contribution in [3.05, 3.63) is 74.8 Å². The van der Waals surface area contributed by atoms with Crippen LogP contribution in [0.2, 0.25) is 5.02 Å². The van der Waals surface area contributed by atoms with E-state index in [1.807, 2.05) is 0 Å². The standard InChI is InChI=1S/C13H8ClNO3.C2H6O/c14-10-6-7-11(12(8-10)15(17)18)13(16)9-4-2-1-3-5-9;1-2-3/h1-8H;3H,2H2,1H3. The summed E-state index contributed by atoms with van der Waals surface area (Å²) in [6.07, 6.45) is 0. The quantitative estimate of drug-likeness (QED) is 0.535. The number of nitro groups is 1. The van der Waals surface area contributed by atoms with Gasteiger partial charge in [-0.3, -0.25) is 14.9 Å². The van der Waals surface area contributed by atoms with Gasteiger partial charge in [-0.05, 0) is 19.1 Å². The molecule has 0 radical (unpaired) electrons. The molecule has 0 aliphatic heterocycles. The number of halogens is 1. The monoisotopic (exact) mass is 307 g/mol. The van der Waals surface area contributed by atoms with Crippen molar-refractivity contribution in [2.45, 2.75) is 6.92 Å². The molecule has 6 heteroatoms. The zero-order valence-electron chi connectivity index (χ0n) is 11.3. The summed E-state index contributed by atoms with van der Waals surface area (Å²) in [6, 6.07) is 12.4. The molecule has 0 heterocycles. The highest BCUT2D eigenvalue weighted by molar-refractivity contribution is 6.31. The van der Waals surface area contributed by atoms with Gasteiger partial charge in [-0.2, -0.15) is 0 Å². The molecule has 0 saturated carbocycles. The topological polar surface area (TPSA) is 80.4 Å². The predicted molar refractivity (Wildman–Crippen MR) is 80.7 cm³/mol. The first-order chi connectivity index (χ1) is 10.0. The Morgan fingerprint density at radius 2 is 1.81 bits per heavy atom. The molecule has 0 aliphatic carbocycles. The average molecular weight is 308 g/mol. The summed E-state index contributed by atoms with van der Waals surface area (Å²) >= 11 is 5.70. The lowest BCUT2D eigenvalue weighted by atomic mass is 10.0. The highest BCUT2D eigenvalue weighted by atomic mass is 35.5. The maximum Gasteiger partial charge on any atom is 0.282 e. The molecular formula is C15H14ClNO4. The second-order valence-corrected chi connectivity index (χ2v) is 4.37. The molecule has 5 nitrogen and oxygen atoms in total. The van der Waals surface area contributed by atoms with Gasteiger partial charge in [0.25, 0.3) is 5.69 Å². The number of nitro benzene ring substituents is 1. The second kappa shape index (κ2) is 8.14. The predicted octanol–water partition coefficient (Wildman–Crippen LogP) is 3.48. The lowest BCUT2D eigenvalue weighted by molar-refractivity contribution is -0.385. The lowest BCUT2D eigenvalue weighted by Gasteiger charge is -2.02. The van der Waals surface area contributed by atoms with Crippen molar-refractivity contribution < 1.29 is 14.8 Å². The fraction of sp³-hybridized carbons (Fsp3) is 0.133. The van der Waals surface area contributed by atoms with Crippen molar-refractivity contribution >= 4 is 23.1 Å². The fourth-order valence-electron chi connectivity index (χ4n) is 1.59. The van der Waals surface area contributed by atoms with E-state index in [4.69, 9.17) is 16.7 Å². The van der Waals surface area contributed by atoms with Crippen LogP contribution < -0.4 is 0 Å². The molecule has 21 heavy (non-hydrogen) atoms. The number of carbonyl (C=O) groups is 1. The van der Waals surface area contributed by atoms with Crippen LogP contribution in [-0.4, -0.2) is 22.4 Å². The van der Waals surface area contributed by atoms with E-state index in [0.717, 1.165) is 0 Å². The molecule has 0 unspecified atom stereocenters. The third kappa shape index (κ3) is 4.66. The number of ketones is 1. The maximum absolute atomic E-state index is 12.1. The third-order valence-corrected chi connectivity index (χ3v) is 2.67. The van der Waals surface area contributed by atoms with Crippen molar-refractivity contribution in [2.24, 2.45) is 0 Å². The van der Waals surface area contributed by atoms with E-state index < -0.39 is 4.92 Å². The Hall–Kier alpha value is -2.24. The van der Waals surface area contributed by atoms with Crippen LogP contribution in [0.3, 0.4) is 0 Å². The van der Waals surface area contributed by atoms with Crippen LogP contribution in [0.15, 0.2) is 48.5 Å². The minimum Gasteiger partial charge on any atom is -0.397 e. The Balaban J connectivity index is 0.000000677. The summed E-state index contributed by atoms with van der Waals surface area (Å²) < 4.78 is 0. The number of aliphatic hydroxyl groups is 1. The zero-order chi connectivity index (χ0) is 15.8. The molecule has 2 aromatic rings. The van der Waals surface area contributed by atoms with Gasteiger partial charge in [-0.25, -0.2) is 0 Å². The highest BCUT2D eigenvalue weighted by Gasteiger charge is 2.21. The molecule has 2 aromatic carbocycles. The number of nitrogens with zero attached hydrogens (tertiary/aromatic N) is 1. The van der Waals surface area contributed by atoms with E-state index in [1.54, 1.807) is 37.3 Å². The Morgan fingerprint density at radius 1 is 1.24 bits per heavy atom. The molecule has 0 amide bonds. The van der Waals surface area contributed by atoms with E-state index in [-0.39, 0.29) is 28.7 Å². The van der Waals surface area contributed by atoms with Gasteiger partial charge < -0.3 is 5.11 Å². The fourth-order valence-corrected chi connectivity index (χ4v) is 1.76. The van der Waals surface area contributed by atoms with E-state index in [2.05, 4.69) is 0 Å². The smallest absolute Gasteiger partial charge is 0.282 e. The van der Waals surface area contributed by atoms with Crippen LogP contribution >= 0.6 is 11.6 Å². The van der Waals surface area contributed by atoms with E-state index in [0.29, 0.717) is 5.56 Å². The Kier molecular flexibility index (Phi) is 6.52. The largest absolute Gasteiger partial charge is 0.397 e. The minimum atomic E-state index is -0.609. The molecule has 0 aliphatic rings. The number of rotatable bonds is 3. The van der Waals surface area contributed by atoms with Crippen LogP contribution in [0.25, 0.3) is 0 Å². The molecular weight excluding hydrogens is 294 g/mol. The maximum atomic E-state index is 12.1. The van der Waals surface area contributed by atoms with Crippen molar-refractivity contribution in [1.29, 1.82) is 0 Å². The number of aliphatic hydroxyl groups excluding tert-OH is 1. The molecule has 0 aromatic heterocycles. The molecule has 0 bridgehead atoms. The summed E-state index contributed by atoms with van der Waals surface area (Å²) in [6.45, 7) is 1.93. The van der Waals surface area contributed by atoms with Gasteiger partial charge in [0.15, 0.2) is 5.78 Å². The SMILES string of the molecule is CCO.O=C(c1ccccc1)c1ccc(Cl)cc1[N+](=O)[O-]. The minimum absolute atomic E-state index is 0.0376. The number of hydrogen-bond acceptors (Lipinski definition) is 4. The van der Waals surface area contributed by atoms with Gasteiger partial charge in [-0.1, -0.05) is 41.9 Å². The van der Waals surface area contributed by atoms with Crippen LogP contribution in [0.4, 0.5) is 5.69 Å². The molecule has 0 saturated heterocycles. The summed E-state index contributed by atoms with van der Waals surface area (Å²) in [7, 11) is 0. The van der Waals surface area contributed by atoms with E-state index >= 15 is 0 Å². The second-order valence-electron chi connectivity index (χ2n) is 3.93. The molecule has 110 valence electrons. The highest BCUT2D eigenvalue weighted by Crippen LogP contribution is 2.25. The lowest BCUT2D eigenvalue weighted by Crippen LogP contribution is -2.05. The van der Waals surface area contributed by atoms with Crippen molar-refractivity contribution in [2.75, 3.05) is 6.61 Å². The Morgan fingerprint density at radius 3 is 2.33 bits per heavy atom. The third-order valence-electron chi connectivity index (χ3n) is 2.44. The first kappa shape index (κ1) is 16.8. The van der Waals surface area contributed by atoms with Crippen LogP contribution in [0.5, 0.6) is 0 Å². The summed E-state index contributed by atoms with van der Waals surface area (Å²) in [4.78, 5) is 22.4. The normalized spacial score (nSPS) is 9.48. The number of hydrogen-bond donors (Lipinski definition) is 1. The average Bonchev–Trinajstić information content (AvgIpc) is 2.48. The van der Waals surface area contributed by atoms with Crippen LogP contribution in [0.1, 0.15) is 22.8 Å².